The summed E-state index contributed by atoms with van der Waals surface area (Å²) >= 11 is 0. The number of fused-ring (bicyclic) bond motifs is 2. The Balaban J connectivity index is 1.58. The number of nitrogens with zero attached hydrogens (tertiary/aromatic N) is 5. The van der Waals surface area contributed by atoms with Crippen molar-refractivity contribution >= 4 is 50.9 Å². The number of rotatable bonds is 7. The van der Waals surface area contributed by atoms with Crippen molar-refractivity contribution in [2.75, 3.05) is 36.2 Å². The highest BCUT2D eigenvalue weighted by Gasteiger charge is 2.31. The minimum Gasteiger partial charge on any atom is -0.492 e. The molecule has 3 heterocycles. The maximum Gasteiger partial charge on any atom is 0.416 e. The van der Waals surface area contributed by atoms with Crippen LogP contribution in [0.4, 0.5) is 42.0 Å². The van der Waals surface area contributed by atoms with Crippen LogP contribution in [0.5, 0.6) is 5.75 Å². The Kier molecular flexibility index (Phi) is 6.15. The zero-order valence-corrected chi connectivity index (χ0v) is 20.2. The van der Waals surface area contributed by atoms with Gasteiger partial charge >= 0.3 is 6.18 Å². The molecule has 3 aromatic heterocycles. The molecule has 5 aromatic rings. The Morgan fingerprint density at radius 2 is 1.78 bits per heavy atom. The monoisotopic (exact) mass is 508 g/mol. The molecule has 0 spiro atoms. The van der Waals surface area contributed by atoms with Gasteiger partial charge in [0.15, 0.2) is 0 Å². The third-order valence-corrected chi connectivity index (χ3v) is 5.58. The lowest BCUT2D eigenvalue weighted by molar-refractivity contribution is -0.137. The van der Waals surface area contributed by atoms with Gasteiger partial charge in [-0.1, -0.05) is 0 Å². The molecule has 0 saturated carbocycles. The number of halogens is 3. The lowest BCUT2D eigenvalue weighted by Crippen LogP contribution is -2.13. The molecule has 0 saturated heterocycles. The van der Waals surface area contributed by atoms with Gasteiger partial charge in [0.05, 0.1) is 40.1 Å². The second-order valence-electron chi connectivity index (χ2n) is 8.31. The fourth-order valence-corrected chi connectivity index (χ4v) is 4.00. The van der Waals surface area contributed by atoms with Crippen molar-refractivity contribution in [2.45, 2.75) is 13.1 Å². The number of H-pyrrole nitrogens is 1. The first kappa shape index (κ1) is 24.1. The van der Waals surface area contributed by atoms with E-state index in [4.69, 9.17) is 4.74 Å². The van der Waals surface area contributed by atoms with Crippen LogP contribution in [-0.2, 0) is 6.18 Å². The predicted molar refractivity (Wildman–Crippen MR) is 137 cm³/mol. The fourth-order valence-electron chi connectivity index (χ4n) is 4.00. The van der Waals surface area contributed by atoms with E-state index in [2.05, 4.69) is 35.6 Å². The zero-order chi connectivity index (χ0) is 26.2. The van der Waals surface area contributed by atoms with Crippen molar-refractivity contribution in [1.82, 2.24) is 24.9 Å². The van der Waals surface area contributed by atoms with E-state index in [1.165, 1.54) is 6.07 Å². The summed E-state index contributed by atoms with van der Waals surface area (Å²) in [4.78, 5) is 22.9. The molecule has 0 bridgehead atoms. The first-order valence-electron chi connectivity index (χ1n) is 11.4. The molecule has 0 aliphatic carbocycles. The van der Waals surface area contributed by atoms with Crippen LogP contribution in [0.2, 0.25) is 0 Å². The van der Waals surface area contributed by atoms with E-state index >= 15 is 0 Å². The molecule has 0 atom stereocenters. The summed E-state index contributed by atoms with van der Waals surface area (Å²) in [5.41, 5.74) is 2.76. The van der Waals surface area contributed by atoms with E-state index in [0.29, 0.717) is 22.4 Å². The Morgan fingerprint density at radius 3 is 2.54 bits per heavy atom. The SMILES string of the molecule is CCOc1ccc(C(F)(F)F)cc1Nc1nc(Nc2ccc3nccnc3c2N(C)C)c2cc[nH]c2n1. The summed E-state index contributed by atoms with van der Waals surface area (Å²) in [6.45, 7) is 2.03. The van der Waals surface area contributed by atoms with Crippen LogP contribution >= 0.6 is 0 Å². The highest BCUT2D eigenvalue weighted by molar-refractivity contribution is 5.99. The number of aromatic amines is 1. The van der Waals surface area contributed by atoms with Gasteiger partial charge in [0, 0.05) is 32.7 Å². The minimum absolute atomic E-state index is 0.0877. The van der Waals surface area contributed by atoms with E-state index in [0.717, 1.165) is 29.0 Å². The topological polar surface area (TPSA) is 104 Å². The molecule has 12 heteroatoms. The smallest absolute Gasteiger partial charge is 0.416 e. The van der Waals surface area contributed by atoms with Crippen LogP contribution in [0.25, 0.3) is 22.1 Å². The number of nitrogens with one attached hydrogen (secondary N) is 3. The molecular weight excluding hydrogens is 485 g/mol. The normalized spacial score (nSPS) is 11.6. The van der Waals surface area contributed by atoms with Gasteiger partial charge in [0.2, 0.25) is 5.95 Å². The van der Waals surface area contributed by atoms with E-state index < -0.39 is 11.7 Å². The molecule has 0 fully saturated rings. The van der Waals surface area contributed by atoms with Gasteiger partial charge in [-0.2, -0.15) is 23.1 Å². The van der Waals surface area contributed by atoms with Gasteiger partial charge in [-0.25, -0.2) is 0 Å². The molecule has 0 amide bonds. The zero-order valence-electron chi connectivity index (χ0n) is 20.2. The number of aromatic nitrogens is 5. The third-order valence-electron chi connectivity index (χ3n) is 5.58. The molecule has 0 aliphatic rings. The Hall–Kier alpha value is -4.61. The first-order valence-corrected chi connectivity index (χ1v) is 11.4. The second-order valence-corrected chi connectivity index (χ2v) is 8.31. The van der Waals surface area contributed by atoms with Gasteiger partial charge in [0.25, 0.3) is 0 Å². The predicted octanol–water partition coefficient (Wildman–Crippen LogP) is 5.87. The summed E-state index contributed by atoms with van der Waals surface area (Å²) in [5, 5.41) is 6.95. The molecule has 2 aromatic carbocycles. The molecule has 190 valence electrons. The van der Waals surface area contributed by atoms with Gasteiger partial charge < -0.3 is 25.3 Å². The molecule has 37 heavy (non-hydrogen) atoms. The minimum atomic E-state index is -4.51. The van der Waals surface area contributed by atoms with E-state index in [9.17, 15) is 13.2 Å². The van der Waals surface area contributed by atoms with E-state index in [1.54, 1.807) is 25.5 Å². The summed E-state index contributed by atoms with van der Waals surface area (Å²) in [6.07, 6.45) is 0.453. The Bertz CT molecular complexity index is 1580. The molecule has 3 N–H and O–H groups in total. The van der Waals surface area contributed by atoms with Gasteiger partial charge in [-0.3, -0.25) is 9.97 Å². The molecule has 0 radical (unpaired) electrons. The maximum absolute atomic E-state index is 13.4. The molecule has 0 unspecified atom stereocenters. The van der Waals surface area contributed by atoms with Gasteiger partial charge in [0.1, 0.15) is 22.7 Å². The second kappa shape index (κ2) is 9.45. The summed E-state index contributed by atoms with van der Waals surface area (Å²) in [5.74, 6) is 0.790. The highest BCUT2D eigenvalue weighted by atomic mass is 19.4. The van der Waals surface area contributed by atoms with Crippen LogP contribution in [0.15, 0.2) is 55.0 Å². The van der Waals surface area contributed by atoms with Crippen molar-refractivity contribution in [3.05, 3.63) is 60.6 Å². The van der Waals surface area contributed by atoms with Crippen LogP contribution < -0.4 is 20.3 Å². The van der Waals surface area contributed by atoms with Crippen molar-refractivity contribution in [3.8, 4) is 5.75 Å². The highest BCUT2D eigenvalue weighted by Crippen LogP contribution is 2.38. The largest absolute Gasteiger partial charge is 0.492 e. The third kappa shape index (κ3) is 4.77. The maximum atomic E-state index is 13.4. The van der Waals surface area contributed by atoms with Crippen LogP contribution in [0.1, 0.15) is 12.5 Å². The number of hydrogen-bond acceptors (Lipinski definition) is 8. The summed E-state index contributed by atoms with van der Waals surface area (Å²) < 4.78 is 45.7. The van der Waals surface area contributed by atoms with Crippen LogP contribution in [-0.4, -0.2) is 45.6 Å². The van der Waals surface area contributed by atoms with Crippen molar-refractivity contribution in [3.63, 3.8) is 0 Å². The average Bonchev–Trinajstić information content (AvgIpc) is 3.33. The number of alkyl halides is 3. The number of ether oxygens (including phenoxy) is 1. The van der Waals surface area contributed by atoms with Crippen LogP contribution in [0.3, 0.4) is 0 Å². The molecule has 9 nitrogen and oxygen atoms in total. The summed E-state index contributed by atoms with van der Waals surface area (Å²) in [6, 6.07) is 8.77. The standard InChI is InChI=1S/C25H23F3N8O/c1-4-37-19-8-5-14(25(26,27)28)13-18(19)33-24-34-22-15(9-10-31-22)23(35-24)32-17-7-6-16-20(21(17)36(2)3)30-12-11-29-16/h5-13H,4H2,1-3H3,(H3,31,32,33,34,35). The Morgan fingerprint density at radius 1 is 0.973 bits per heavy atom. The van der Waals surface area contributed by atoms with E-state index in [1.807, 2.05) is 37.2 Å². The van der Waals surface area contributed by atoms with Gasteiger partial charge in [-0.05, 0) is 43.3 Å². The van der Waals surface area contributed by atoms with E-state index in [-0.39, 0.29) is 24.0 Å². The summed E-state index contributed by atoms with van der Waals surface area (Å²) in [7, 11) is 3.80. The lowest BCUT2D eigenvalue weighted by Gasteiger charge is -2.20. The Labute approximate surface area is 209 Å². The van der Waals surface area contributed by atoms with Gasteiger partial charge in [-0.15, -0.1) is 0 Å². The average molecular weight is 509 g/mol. The fraction of sp³-hybridized carbons (Fsp3) is 0.200. The molecule has 0 aliphatic heterocycles. The molecule has 5 rings (SSSR count). The number of anilines is 5. The lowest BCUT2D eigenvalue weighted by atomic mass is 10.2. The van der Waals surface area contributed by atoms with Crippen molar-refractivity contribution in [1.29, 1.82) is 0 Å². The van der Waals surface area contributed by atoms with Crippen molar-refractivity contribution in [2.24, 2.45) is 0 Å². The quantitative estimate of drug-likeness (QED) is 0.251. The number of hydrogen-bond donors (Lipinski definition) is 3. The van der Waals surface area contributed by atoms with Crippen LogP contribution in [0, 0.1) is 0 Å². The number of benzene rings is 2. The first-order chi connectivity index (χ1) is 17.7. The van der Waals surface area contributed by atoms with Crippen molar-refractivity contribution < 1.29 is 17.9 Å². The molecular formula is C25H23F3N8O.